The Kier molecular flexibility index (Phi) is 5.54. The first-order chi connectivity index (χ1) is 13.0. The van der Waals surface area contributed by atoms with Gasteiger partial charge in [0.1, 0.15) is 11.6 Å². The van der Waals surface area contributed by atoms with E-state index in [0.29, 0.717) is 24.5 Å². The summed E-state index contributed by atoms with van der Waals surface area (Å²) >= 11 is 0. The number of halogens is 3. The van der Waals surface area contributed by atoms with Crippen molar-refractivity contribution in [3.8, 4) is 17.1 Å². The monoisotopic (exact) mass is 374 g/mol. The second-order valence-electron chi connectivity index (χ2n) is 5.63. The number of alkyl halides is 3. The van der Waals surface area contributed by atoms with Crippen LogP contribution in [-0.4, -0.2) is 21.6 Å². The number of benzene rings is 1. The normalized spacial score (nSPS) is 11.3. The fraction of sp³-hybridized carbons (Fsp3) is 0.211. The van der Waals surface area contributed by atoms with Crippen LogP contribution in [0.15, 0.2) is 54.9 Å². The van der Waals surface area contributed by atoms with Gasteiger partial charge < -0.3 is 10.1 Å². The van der Waals surface area contributed by atoms with Crippen LogP contribution in [0.1, 0.15) is 18.2 Å². The van der Waals surface area contributed by atoms with Crippen LogP contribution in [0.25, 0.3) is 11.4 Å². The molecular weight excluding hydrogens is 357 g/mol. The zero-order valence-electron chi connectivity index (χ0n) is 14.5. The summed E-state index contributed by atoms with van der Waals surface area (Å²) in [5, 5.41) is 2.93. The van der Waals surface area contributed by atoms with Gasteiger partial charge in [0.05, 0.1) is 6.61 Å². The zero-order valence-corrected chi connectivity index (χ0v) is 14.5. The van der Waals surface area contributed by atoms with E-state index in [4.69, 9.17) is 4.74 Å². The van der Waals surface area contributed by atoms with Gasteiger partial charge in [-0.25, -0.2) is 9.97 Å². The van der Waals surface area contributed by atoms with E-state index in [0.717, 1.165) is 11.6 Å². The van der Waals surface area contributed by atoms with Gasteiger partial charge in [-0.15, -0.1) is 0 Å². The molecule has 0 radical (unpaired) electrons. The van der Waals surface area contributed by atoms with E-state index >= 15 is 0 Å². The van der Waals surface area contributed by atoms with Crippen LogP contribution in [-0.2, 0) is 12.7 Å². The highest BCUT2D eigenvalue weighted by Crippen LogP contribution is 2.30. The first-order valence-corrected chi connectivity index (χ1v) is 8.28. The molecule has 2 aromatic heterocycles. The second kappa shape index (κ2) is 8.03. The lowest BCUT2D eigenvalue weighted by atomic mass is 10.2. The fourth-order valence-electron chi connectivity index (χ4n) is 2.42. The molecule has 0 aliphatic heterocycles. The predicted molar refractivity (Wildman–Crippen MR) is 95.2 cm³/mol. The molecule has 0 fully saturated rings. The molecule has 1 N–H and O–H groups in total. The maximum Gasteiger partial charge on any atom is 0.433 e. The van der Waals surface area contributed by atoms with Crippen molar-refractivity contribution in [3.05, 3.63) is 66.1 Å². The Hall–Kier alpha value is -3.16. The quantitative estimate of drug-likeness (QED) is 0.685. The van der Waals surface area contributed by atoms with Crippen molar-refractivity contribution in [2.24, 2.45) is 0 Å². The van der Waals surface area contributed by atoms with Crippen molar-refractivity contribution in [1.29, 1.82) is 0 Å². The Balaban J connectivity index is 1.87. The zero-order chi connectivity index (χ0) is 19.3. The minimum Gasteiger partial charge on any atom is -0.494 e. The van der Waals surface area contributed by atoms with E-state index < -0.39 is 11.9 Å². The van der Waals surface area contributed by atoms with Crippen molar-refractivity contribution in [2.45, 2.75) is 19.6 Å². The molecule has 3 aromatic rings. The standard InChI is InChI=1S/C19H17F3N4O/c1-2-27-15-5-3-4-13(10-15)12-24-17-11-16(19(20,21)22)25-18(26-17)14-6-8-23-9-7-14/h3-11H,2,12H2,1H3,(H,24,25,26). The molecule has 0 aliphatic carbocycles. The number of hydrogen-bond donors (Lipinski definition) is 1. The second-order valence-corrected chi connectivity index (χ2v) is 5.63. The molecular formula is C19H17F3N4O. The fourth-order valence-corrected chi connectivity index (χ4v) is 2.42. The Bertz CT molecular complexity index is 901. The van der Waals surface area contributed by atoms with Gasteiger partial charge in [-0.05, 0) is 36.8 Å². The van der Waals surface area contributed by atoms with Gasteiger partial charge in [0.15, 0.2) is 11.5 Å². The molecule has 27 heavy (non-hydrogen) atoms. The third-order valence-corrected chi connectivity index (χ3v) is 3.64. The van der Waals surface area contributed by atoms with E-state index in [1.165, 1.54) is 12.4 Å². The van der Waals surface area contributed by atoms with Crippen molar-refractivity contribution < 1.29 is 17.9 Å². The highest BCUT2D eigenvalue weighted by atomic mass is 19.4. The maximum atomic E-state index is 13.2. The number of nitrogens with one attached hydrogen (secondary N) is 1. The number of aromatic nitrogens is 3. The molecule has 0 spiro atoms. The highest BCUT2D eigenvalue weighted by Gasteiger charge is 2.33. The first-order valence-electron chi connectivity index (χ1n) is 8.28. The highest BCUT2D eigenvalue weighted by molar-refractivity contribution is 5.57. The summed E-state index contributed by atoms with van der Waals surface area (Å²) in [5.74, 6) is 0.775. The van der Waals surface area contributed by atoms with Crippen LogP contribution in [0.3, 0.4) is 0 Å². The molecule has 1 aromatic carbocycles. The summed E-state index contributed by atoms with van der Waals surface area (Å²) in [7, 11) is 0. The summed E-state index contributed by atoms with van der Waals surface area (Å²) in [6.45, 7) is 2.71. The summed E-state index contributed by atoms with van der Waals surface area (Å²) in [6.07, 6.45) is -1.62. The maximum absolute atomic E-state index is 13.2. The molecule has 5 nitrogen and oxygen atoms in total. The van der Waals surface area contributed by atoms with Crippen molar-refractivity contribution in [2.75, 3.05) is 11.9 Å². The number of nitrogens with zero attached hydrogens (tertiary/aromatic N) is 3. The average molecular weight is 374 g/mol. The number of hydrogen-bond acceptors (Lipinski definition) is 5. The van der Waals surface area contributed by atoms with E-state index in [1.807, 2.05) is 31.2 Å². The summed E-state index contributed by atoms with van der Waals surface area (Å²) in [5.41, 5.74) is 0.311. The molecule has 0 unspecified atom stereocenters. The Morgan fingerprint density at radius 1 is 1.04 bits per heavy atom. The van der Waals surface area contributed by atoms with Crippen LogP contribution < -0.4 is 10.1 Å². The summed E-state index contributed by atoms with van der Waals surface area (Å²) in [4.78, 5) is 11.7. The third-order valence-electron chi connectivity index (χ3n) is 3.64. The minimum absolute atomic E-state index is 0.0159. The van der Waals surface area contributed by atoms with E-state index in [2.05, 4.69) is 20.3 Å². The molecule has 0 saturated carbocycles. The molecule has 0 aliphatic rings. The lowest BCUT2D eigenvalue weighted by Gasteiger charge is -2.12. The number of ether oxygens (including phenoxy) is 1. The molecule has 0 bridgehead atoms. The van der Waals surface area contributed by atoms with Crippen LogP contribution in [0.4, 0.5) is 19.0 Å². The van der Waals surface area contributed by atoms with Gasteiger partial charge >= 0.3 is 6.18 Å². The van der Waals surface area contributed by atoms with Gasteiger partial charge in [-0.2, -0.15) is 13.2 Å². The first kappa shape index (κ1) is 18.6. The summed E-state index contributed by atoms with van der Waals surface area (Å²) in [6, 6.07) is 11.3. The molecule has 0 saturated heterocycles. The lowest BCUT2D eigenvalue weighted by molar-refractivity contribution is -0.141. The van der Waals surface area contributed by atoms with Gasteiger partial charge in [0, 0.05) is 30.6 Å². The largest absolute Gasteiger partial charge is 0.494 e. The molecule has 0 atom stereocenters. The molecule has 8 heteroatoms. The van der Waals surface area contributed by atoms with Crippen molar-refractivity contribution in [1.82, 2.24) is 15.0 Å². The van der Waals surface area contributed by atoms with Crippen molar-refractivity contribution >= 4 is 5.82 Å². The van der Waals surface area contributed by atoms with Crippen LogP contribution in [0.5, 0.6) is 5.75 Å². The van der Waals surface area contributed by atoms with Gasteiger partial charge in [0.2, 0.25) is 0 Å². The van der Waals surface area contributed by atoms with E-state index in [1.54, 1.807) is 12.1 Å². The lowest BCUT2D eigenvalue weighted by Crippen LogP contribution is -2.12. The van der Waals surface area contributed by atoms with Gasteiger partial charge in [0.25, 0.3) is 0 Å². The third kappa shape index (κ3) is 4.93. The van der Waals surface area contributed by atoms with E-state index in [-0.39, 0.29) is 11.6 Å². The Morgan fingerprint density at radius 2 is 1.81 bits per heavy atom. The van der Waals surface area contributed by atoms with Crippen LogP contribution in [0, 0.1) is 0 Å². The number of anilines is 1. The SMILES string of the molecule is CCOc1cccc(CNc2cc(C(F)(F)F)nc(-c3ccncc3)n2)c1. The minimum atomic E-state index is -4.57. The van der Waals surface area contributed by atoms with Crippen LogP contribution >= 0.6 is 0 Å². The van der Waals surface area contributed by atoms with E-state index in [9.17, 15) is 13.2 Å². The van der Waals surface area contributed by atoms with Crippen LogP contribution in [0.2, 0.25) is 0 Å². The Labute approximate surface area is 154 Å². The topological polar surface area (TPSA) is 59.9 Å². The number of rotatable bonds is 6. The molecule has 2 heterocycles. The molecule has 0 amide bonds. The smallest absolute Gasteiger partial charge is 0.433 e. The van der Waals surface area contributed by atoms with Gasteiger partial charge in [-0.3, -0.25) is 4.98 Å². The molecule has 140 valence electrons. The number of pyridine rings is 1. The molecule has 3 rings (SSSR count). The summed E-state index contributed by atoms with van der Waals surface area (Å²) < 4.78 is 45.1. The predicted octanol–water partition coefficient (Wildman–Crippen LogP) is 4.57. The Morgan fingerprint density at radius 3 is 2.52 bits per heavy atom. The van der Waals surface area contributed by atoms with Gasteiger partial charge in [-0.1, -0.05) is 12.1 Å². The average Bonchev–Trinajstić information content (AvgIpc) is 2.67. The van der Waals surface area contributed by atoms with Crippen molar-refractivity contribution in [3.63, 3.8) is 0 Å².